The van der Waals surface area contributed by atoms with Crippen LogP contribution >= 0.6 is 0 Å². The average Bonchev–Trinajstić information content (AvgIpc) is 2.56. The summed E-state index contributed by atoms with van der Waals surface area (Å²) in [7, 11) is 1.33. The maximum absolute atomic E-state index is 12.6. The Balaban J connectivity index is 2.33. The quantitative estimate of drug-likeness (QED) is 0.414. The second-order valence-electron chi connectivity index (χ2n) is 5.11. The predicted molar refractivity (Wildman–Crippen MR) is 84.4 cm³/mol. The van der Waals surface area contributed by atoms with Crippen molar-refractivity contribution in [3.05, 3.63) is 70.9 Å². The minimum atomic E-state index is -0.454. The first-order valence-electron chi connectivity index (χ1n) is 6.92. The van der Waals surface area contributed by atoms with Gasteiger partial charge in [-0.1, -0.05) is 29.8 Å². The third kappa shape index (κ3) is 2.29. The number of carbonyl (C=O) groups excluding carboxylic acids is 1. The summed E-state index contributed by atoms with van der Waals surface area (Å²) in [4.78, 5) is 12.0. The molecule has 22 heavy (non-hydrogen) atoms. The van der Waals surface area contributed by atoms with Gasteiger partial charge in [-0.3, -0.25) is 0 Å². The lowest BCUT2D eigenvalue weighted by Gasteiger charge is -2.11. The summed E-state index contributed by atoms with van der Waals surface area (Å²) >= 11 is 0. The molecule has 0 saturated carbocycles. The minimum absolute atomic E-state index is 0.390. The Morgan fingerprint density at radius 3 is 2.45 bits per heavy atom. The molecule has 0 aliphatic heterocycles. The number of aryl methyl sites for hydroxylation is 1. The number of hydrogen-bond donors (Lipinski definition) is 0. The van der Waals surface area contributed by atoms with Gasteiger partial charge >= 0.3 is 5.97 Å². The molecule has 4 nitrogen and oxygen atoms in total. The monoisotopic (exact) mass is 293 g/mol. The van der Waals surface area contributed by atoms with Crippen molar-refractivity contribution in [2.75, 3.05) is 7.11 Å². The van der Waals surface area contributed by atoms with Crippen molar-refractivity contribution in [2.45, 2.75) is 6.92 Å². The summed E-state index contributed by atoms with van der Waals surface area (Å²) < 4.78 is 5.70. The van der Waals surface area contributed by atoms with Crippen molar-refractivity contribution in [3.8, 4) is 11.3 Å². The Labute approximate surface area is 128 Å². The van der Waals surface area contributed by atoms with E-state index >= 15 is 0 Å². The molecule has 0 saturated heterocycles. The van der Waals surface area contributed by atoms with E-state index in [0.29, 0.717) is 22.2 Å². The lowest BCUT2D eigenvalue weighted by molar-refractivity contribution is -0.565. The van der Waals surface area contributed by atoms with Crippen LogP contribution in [0.15, 0.2) is 54.6 Å². The van der Waals surface area contributed by atoms with E-state index in [0.717, 1.165) is 15.9 Å². The molecule has 0 N–H and O–H groups in total. The van der Waals surface area contributed by atoms with Crippen LogP contribution in [0, 0.1) is 12.1 Å². The SMILES string of the molecule is COC(=O)c1cc(-c2ccc(C)cc2)[n+]([O-])c2ccccc12. The van der Waals surface area contributed by atoms with Gasteiger partial charge in [0.05, 0.1) is 18.1 Å². The van der Waals surface area contributed by atoms with Crippen LogP contribution in [0.2, 0.25) is 0 Å². The Kier molecular flexibility index (Phi) is 3.51. The topological polar surface area (TPSA) is 53.2 Å². The van der Waals surface area contributed by atoms with Crippen LogP contribution in [0.1, 0.15) is 15.9 Å². The molecule has 4 heteroatoms. The zero-order valence-electron chi connectivity index (χ0n) is 12.4. The highest BCUT2D eigenvalue weighted by Crippen LogP contribution is 2.24. The van der Waals surface area contributed by atoms with Crippen molar-refractivity contribution in [1.82, 2.24) is 0 Å². The van der Waals surface area contributed by atoms with Gasteiger partial charge in [0, 0.05) is 17.7 Å². The number of fused-ring (bicyclic) bond motifs is 1. The van der Waals surface area contributed by atoms with Gasteiger partial charge in [0.1, 0.15) is 0 Å². The Morgan fingerprint density at radius 1 is 1.09 bits per heavy atom. The van der Waals surface area contributed by atoms with Gasteiger partial charge < -0.3 is 9.94 Å². The molecule has 0 atom stereocenters. The highest BCUT2D eigenvalue weighted by Gasteiger charge is 2.21. The van der Waals surface area contributed by atoms with Crippen molar-refractivity contribution in [2.24, 2.45) is 0 Å². The number of esters is 1. The second-order valence-corrected chi connectivity index (χ2v) is 5.11. The number of hydrogen-bond acceptors (Lipinski definition) is 3. The van der Waals surface area contributed by atoms with E-state index in [4.69, 9.17) is 4.74 Å². The predicted octanol–water partition coefficient (Wildman–Crippen LogP) is 3.24. The van der Waals surface area contributed by atoms with Crippen LogP contribution in [0.4, 0.5) is 0 Å². The fourth-order valence-electron chi connectivity index (χ4n) is 2.49. The van der Waals surface area contributed by atoms with Crippen LogP contribution in [-0.4, -0.2) is 13.1 Å². The summed E-state index contributed by atoms with van der Waals surface area (Å²) in [5, 5.41) is 13.2. The zero-order valence-corrected chi connectivity index (χ0v) is 12.4. The molecule has 0 radical (unpaired) electrons. The fourth-order valence-corrected chi connectivity index (χ4v) is 2.49. The van der Waals surface area contributed by atoms with E-state index in [1.165, 1.54) is 7.11 Å². The van der Waals surface area contributed by atoms with Crippen molar-refractivity contribution >= 4 is 16.9 Å². The highest BCUT2D eigenvalue weighted by atomic mass is 16.5. The molecule has 110 valence electrons. The zero-order chi connectivity index (χ0) is 15.7. The smallest absolute Gasteiger partial charge is 0.338 e. The largest absolute Gasteiger partial charge is 0.618 e. The number of pyridine rings is 1. The number of carbonyl (C=O) groups is 1. The van der Waals surface area contributed by atoms with Crippen LogP contribution < -0.4 is 4.73 Å². The summed E-state index contributed by atoms with van der Waals surface area (Å²) in [6.07, 6.45) is 0. The van der Waals surface area contributed by atoms with Gasteiger partial charge in [-0.15, -0.1) is 0 Å². The molecule has 1 heterocycles. The number of para-hydroxylation sites is 1. The summed E-state index contributed by atoms with van der Waals surface area (Å²) in [5.74, 6) is -0.454. The third-order valence-electron chi connectivity index (χ3n) is 3.67. The highest BCUT2D eigenvalue weighted by molar-refractivity contribution is 6.03. The minimum Gasteiger partial charge on any atom is -0.618 e. The summed E-state index contributed by atoms with van der Waals surface area (Å²) in [6.45, 7) is 1.98. The van der Waals surface area contributed by atoms with Crippen LogP contribution in [-0.2, 0) is 4.74 Å². The molecule has 0 fully saturated rings. The van der Waals surface area contributed by atoms with Gasteiger partial charge in [-0.05, 0) is 25.1 Å². The number of benzene rings is 2. The lowest BCUT2D eigenvalue weighted by Crippen LogP contribution is -2.31. The number of methoxy groups -OCH3 is 1. The Hall–Kier alpha value is -2.88. The average molecular weight is 293 g/mol. The Morgan fingerprint density at radius 2 is 1.77 bits per heavy atom. The van der Waals surface area contributed by atoms with E-state index in [1.807, 2.05) is 31.2 Å². The van der Waals surface area contributed by atoms with Gasteiger partial charge in [0.25, 0.3) is 0 Å². The van der Waals surface area contributed by atoms with E-state index in [-0.39, 0.29) is 0 Å². The standard InChI is InChI=1S/C18H15NO3/c1-12-7-9-13(10-8-12)17-11-15(18(20)22-2)14-5-3-4-6-16(14)19(17)21/h3-11H,1-2H3. The van der Waals surface area contributed by atoms with E-state index < -0.39 is 5.97 Å². The number of nitrogens with zero attached hydrogens (tertiary/aromatic N) is 1. The van der Waals surface area contributed by atoms with Crippen LogP contribution in [0.3, 0.4) is 0 Å². The maximum Gasteiger partial charge on any atom is 0.338 e. The molecule has 3 aromatic rings. The molecule has 1 aromatic heterocycles. The van der Waals surface area contributed by atoms with Crippen LogP contribution in [0.5, 0.6) is 0 Å². The number of ether oxygens (including phenoxy) is 1. The fraction of sp³-hybridized carbons (Fsp3) is 0.111. The third-order valence-corrected chi connectivity index (χ3v) is 3.67. The second kappa shape index (κ2) is 5.48. The molecular formula is C18H15NO3. The molecule has 0 amide bonds. The van der Waals surface area contributed by atoms with Gasteiger partial charge in [-0.2, -0.15) is 4.73 Å². The van der Waals surface area contributed by atoms with E-state index in [1.54, 1.807) is 30.3 Å². The summed E-state index contributed by atoms with van der Waals surface area (Å²) in [5.41, 5.74) is 3.13. The molecule has 0 spiro atoms. The van der Waals surface area contributed by atoms with Gasteiger partial charge in [0.2, 0.25) is 11.2 Å². The first kappa shape index (κ1) is 14.1. The van der Waals surface area contributed by atoms with Crippen molar-refractivity contribution in [3.63, 3.8) is 0 Å². The number of aromatic nitrogens is 1. The van der Waals surface area contributed by atoms with E-state index in [2.05, 4.69) is 0 Å². The van der Waals surface area contributed by atoms with Gasteiger partial charge in [-0.25, -0.2) is 4.79 Å². The molecule has 2 aromatic carbocycles. The molecule has 0 unspecified atom stereocenters. The van der Waals surface area contributed by atoms with Gasteiger partial charge in [0.15, 0.2) is 0 Å². The van der Waals surface area contributed by atoms with Crippen LogP contribution in [0.25, 0.3) is 22.2 Å². The number of rotatable bonds is 2. The van der Waals surface area contributed by atoms with Crippen molar-refractivity contribution < 1.29 is 14.3 Å². The molecule has 3 rings (SSSR count). The molecule has 0 aliphatic carbocycles. The normalized spacial score (nSPS) is 10.6. The van der Waals surface area contributed by atoms with E-state index in [9.17, 15) is 10.0 Å². The molecule has 0 aliphatic rings. The summed E-state index contributed by atoms with van der Waals surface area (Å²) in [6, 6.07) is 16.2. The first-order chi connectivity index (χ1) is 10.6. The molecular weight excluding hydrogens is 278 g/mol. The van der Waals surface area contributed by atoms with Crippen molar-refractivity contribution in [1.29, 1.82) is 0 Å². The first-order valence-corrected chi connectivity index (χ1v) is 6.92. The Bertz CT molecular complexity index is 854. The maximum atomic E-state index is 12.6. The molecule has 0 bridgehead atoms. The lowest BCUT2D eigenvalue weighted by atomic mass is 10.0.